The van der Waals surface area contributed by atoms with Crippen molar-refractivity contribution < 1.29 is 9.90 Å². The number of amides is 1. The molecule has 1 amide bonds. The number of nitrogens with two attached hydrogens (primary N) is 1. The molecule has 0 aromatic heterocycles. The van der Waals surface area contributed by atoms with Gasteiger partial charge in [-0.05, 0) is 66.3 Å². The molecule has 2 unspecified atom stereocenters. The van der Waals surface area contributed by atoms with Crippen LogP contribution in [0.4, 0.5) is 0 Å². The molecular weight excluding hydrogens is 288 g/mol. The van der Waals surface area contributed by atoms with E-state index in [0.29, 0.717) is 11.5 Å². The summed E-state index contributed by atoms with van der Waals surface area (Å²) in [6.45, 7) is 6.69. The normalized spacial score (nSPS) is 36.6. The van der Waals surface area contributed by atoms with Crippen LogP contribution in [0.2, 0.25) is 0 Å². The number of rotatable bonds is 3. The molecule has 1 saturated heterocycles. The van der Waals surface area contributed by atoms with Crippen molar-refractivity contribution in [3.05, 3.63) is 34.9 Å². The van der Waals surface area contributed by atoms with Crippen LogP contribution in [0.3, 0.4) is 0 Å². The van der Waals surface area contributed by atoms with E-state index in [1.807, 2.05) is 12.1 Å². The number of hydrogen-bond acceptors (Lipinski definition) is 3. The van der Waals surface area contributed by atoms with Gasteiger partial charge in [0.15, 0.2) is 0 Å². The van der Waals surface area contributed by atoms with Gasteiger partial charge in [-0.2, -0.15) is 0 Å². The van der Waals surface area contributed by atoms with E-state index in [1.165, 1.54) is 12.8 Å². The fourth-order valence-electron chi connectivity index (χ4n) is 4.79. The number of benzene rings is 1. The molecule has 124 valence electrons. The molecule has 2 fully saturated rings. The molecular formula is C19H26N2O2. The van der Waals surface area contributed by atoms with E-state index in [2.05, 4.69) is 18.7 Å². The standard InChI is InChI=1S/C19H26N2O2/c1-11-16-17(22)14-6-5-13(18(20)23)9-15(14)19(11,2)7-8-21(16)10-12-3-4-12/h5-6,9,11-12,16-17,22H,3-4,7-8,10H2,1-2H3,(H2,20,23)/t11-,16?,17?,19+/m0/s1. The highest BCUT2D eigenvalue weighted by molar-refractivity contribution is 5.93. The van der Waals surface area contributed by atoms with Crippen molar-refractivity contribution in [3.63, 3.8) is 0 Å². The first kappa shape index (κ1) is 15.2. The minimum atomic E-state index is -0.478. The molecule has 4 atom stereocenters. The summed E-state index contributed by atoms with van der Waals surface area (Å²) >= 11 is 0. The van der Waals surface area contributed by atoms with E-state index in [1.54, 1.807) is 6.07 Å². The predicted octanol–water partition coefficient (Wildman–Crippen LogP) is 2.21. The van der Waals surface area contributed by atoms with Crippen LogP contribution in [-0.2, 0) is 5.41 Å². The Morgan fingerprint density at radius 3 is 2.83 bits per heavy atom. The van der Waals surface area contributed by atoms with Gasteiger partial charge in [-0.3, -0.25) is 9.69 Å². The topological polar surface area (TPSA) is 66.6 Å². The molecule has 1 aromatic rings. The van der Waals surface area contributed by atoms with Crippen LogP contribution in [0.1, 0.15) is 60.7 Å². The summed E-state index contributed by atoms with van der Waals surface area (Å²) in [4.78, 5) is 14.1. The maximum Gasteiger partial charge on any atom is 0.248 e. The van der Waals surface area contributed by atoms with Crippen molar-refractivity contribution in [3.8, 4) is 0 Å². The molecule has 23 heavy (non-hydrogen) atoms. The van der Waals surface area contributed by atoms with Gasteiger partial charge in [0.1, 0.15) is 0 Å². The van der Waals surface area contributed by atoms with Crippen molar-refractivity contribution >= 4 is 5.91 Å². The van der Waals surface area contributed by atoms with Crippen molar-refractivity contribution in [2.24, 2.45) is 17.6 Å². The summed E-state index contributed by atoms with van der Waals surface area (Å²) in [5, 5.41) is 11.0. The van der Waals surface area contributed by atoms with E-state index < -0.39 is 12.0 Å². The second-order valence-electron chi connectivity index (χ2n) is 8.00. The minimum Gasteiger partial charge on any atom is -0.387 e. The number of aliphatic hydroxyl groups is 1. The quantitative estimate of drug-likeness (QED) is 0.899. The van der Waals surface area contributed by atoms with Gasteiger partial charge in [0, 0.05) is 18.2 Å². The summed E-state index contributed by atoms with van der Waals surface area (Å²) in [6.07, 6.45) is 3.26. The van der Waals surface area contributed by atoms with Crippen molar-refractivity contribution in [1.82, 2.24) is 4.90 Å². The third-order valence-electron chi connectivity index (χ3n) is 6.64. The molecule has 0 spiro atoms. The van der Waals surface area contributed by atoms with Gasteiger partial charge < -0.3 is 10.8 Å². The van der Waals surface area contributed by atoms with Crippen LogP contribution in [0.25, 0.3) is 0 Å². The highest BCUT2D eigenvalue weighted by Gasteiger charge is 2.52. The average Bonchev–Trinajstić information content (AvgIpc) is 3.33. The molecule has 1 aliphatic heterocycles. The van der Waals surface area contributed by atoms with E-state index >= 15 is 0 Å². The van der Waals surface area contributed by atoms with Gasteiger partial charge in [-0.25, -0.2) is 0 Å². The van der Waals surface area contributed by atoms with Gasteiger partial charge in [-0.15, -0.1) is 0 Å². The Hall–Kier alpha value is -1.39. The zero-order chi connectivity index (χ0) is 16.4. The summed E-state index contributed by atoms with van der Waals surface area (Å²) in [5.74, 6) is 0.796. The third-order valence-corrected chi connectivity index (χ3v) is 6.64. The maximum absolute atomic E-state index is 11.6. The van der Waals surface area contributed by atoms with Gasteiger partial charge in [0.25, 0.3) is 0 Å². The van der Waals surface area contributed by atoms with Gasteiger partial charge in [0.2, 0.25) is 5.91 Å². The van der Waals surface area contributed by atoms with Gasteiger partial charge >= 0.3 is 0 Å². The smallest absolute Gasteiger partial charge is 0.248 e. The van der Waals surface area contributed by atoms with E-state index in [9.17, 15) is 9.90 Å². The second kappa shape index (κ2) is 5.05. The first-order valence-electron chi connectivity index (χ1n) is 8.78. The Balaban J connectivity index is 1.77. The van der Waals surface area contributed by atoms with Crippen LogP contribution in [0.5, 0.6) is 0 Å². The molecule has 2 bridgehead atoms. The number of carbonyl (C=O) groups is 1. The number of hydrogen-bond donors (Lipinski definition) is 2. The zero-order valence-corrected chi connectivity index (χ0v) is 14.0. The summed E-state index contributed by atoms with van der Waals surface area (Å²) in [6, 6.07) is 5.77. The summed E-state index contributed by atoms with van der Waals surface area (Å²) < 4.78 is 0. The number of likely N-dealkylation sites (tertiary alicyclic amines) is 1. The summed E-state index contributed by atoms with van der Waals surface area (Å²) in [5.41, 5.74) is 8.12. The fraction of sp³-hybridized carbons (Fsp3) is 0.632. The van der Waals surface area contributed by atoms with Crippen LogP contribution in [0, 0.1) is 11.8 Å². The molecule has 4 rings (SSSR count). The second-order valence-corrected chi connectivity index (χ2v) is 8.00. The Bertz CT molecular complexity index is 655. The number of primary amides is 1. The van der Waals surface area contributed by atoms with Crippen LogP contribution in [-0.4, -0.2) is 35.0 Å². The maximum atomic E-state index is 11.6. The fourth-order valence-corrected chi connectivity index (χ4v) is 4.79. The average molecular weight is 314 g/mol. The third kappa shape index (κ3) is 2.23. The molecule has 1 saturated carbocycles. The molecule has 1 aromatic carbocycles. The lowest BCUT2D eigenvalue weighted by atomic mass is 9.58. The predicted molar refractivity (Wildman–Crippen MR) is 89.1 cm³/mol. The number of carbonyl (C=O) groups excluding carboxylic acids is 1. The molecule has 4 nitrogen and oxygen atoms in total. The van der Waals surface area contributed by atoms with Gasteiger partial charge in [-0.1, -0.05) is 19.9 Å². The number of fused-ring (bicyclic) bond motifs is 4. The highest BCUT2D eigenvalue weighted by Crippen LogP contribution is 2.53. The summed E-state index contributed by atoms with van der Waals surface area (Å²) in [7, 11) is 0. The van der Waals surface area contributed by atoms with Crippen molar-refractivity contribution in [2.45, 2.75) is 50.7 Å². The molecule has 1 heterocycles. The number of aliphatic hydroxyl groups excluding tert-OH is 1. The van der Waals surface area contributed by atoms with Crippen LogP contribution in [0.15, 0.2) is 18.2 Å². The Labute approximate surface area is 137 Å². The Kier molecular flexibility index (Phi) is 3.33. The zero-order valence-electron chi connectivity index (χ0n) is 14.0. The number of piperidine rings is 1. The lowest BCUT2D eigenvalue weighted by molar-refractivity contribution is -0.0538. The molecule has 3 aliphatic rings. The molecule has 4 heteroatoms. The number of nitrogens with zero attached hydrogens (tertiary/aromatic N) is 1. The molecule has 3 N–H and O–H groups in total. The van der Waals surface area contributed by atoms with Crippen molar-refractivity contribution in [1.29, 1.82) is 0 Å². The minimum absolute atomic E-state index is 0.00470. The largest absolute Gasteiger partial charge is 0.387 e. The van der Waals surface area contributed by atoms with E-state index in [4.69, 9.17) is 5.73 Å². The molecule has 2 aliphatic carbocycles. The van der Waals surface area contributed by atoms with Crippen LogP contribution < -0.4 is 5.73 Å². The first-order valence-corrected chi connectivity index (χ1v) is 8.78. The Morgan fingerprint density at radius 2 is 2.17 bits per heavy atom. The van der Waals surface area contributed by atoms with E-state index in [-0.39, 0.29) is 11.5 Å². The molecule has 0 radical (unpaired) electrons. The highest BCUT2D eigenvalue weighted by atomic mass is 16.3. The lowest BCUT2D eigenvalue weighted by Crippen LogP contribution is -2.60. The Morgan fingerprint density at radius 1 is 1.43 bits per heavy atom. The SMILES string of the molecule is C[C@H]1C2C(O)c3ccc(C(N)=O)cc3[C@]1(C)CCN2CC1CC1. The van der Waals surface area contributed by atoms with Gasteiger partial charge in [0.05, 0.1) is 6.10 Å². The van der Waals surface area contributed by atoms with Crippen molar-refractivity contribution in [2.75, 3.05) is 13.1 Å². The van der Waals surface area contributed by atoms with E-state index in [0.717, 1.165) is 36.6 Å². The first-order chi connectivity index (χ1) is 10.9. The monoisotopic (exact) mass is 314 g/mol. The lowest BCUT2D eigenvalue weighted by Gasteiger charge is -2.56. The van der Waals surface area contributed by atoms with Crippen LogP contribution >= 0.6 is 0 Å².